The molecule has 0 aliphatic heterocycles. The monoisotopic (exact) mass is 337 g/mol. The fourth-order valence-corrected chi connectivity index (χ4v) is 3.72. The lowest BCUT2D eigenvalue weighted by molar-refractivity contribution is -0.116. The van der Waals surface area contributed by atoms with Gasteiger partial charge in [-0.1, -0.05) is 19.1 Å². The second-order valence-electron chi connectivity index (χ2n) is 7.51. The van der Waals surface area contributed by atoms with Crippen molar-refractivity contribution < 1.29 is 4.79 Å². The van der Waals surface area contributed by atoms with Gasteiger partial charge in [-0.15, -0.1) is 0 Å². The minimum atomic E-state index is 0.0795. The van der Waals surface area contributed by atoms with Gasteiger partial charge in [-0.05, 0) is 105 Å². The Morgan fingerprint density at radius 2 is 1.40 bits per heavy atom. The molecular weight excluding hydrogens is 306 g/mol. The van der Waals surface area contributed by atoms with E-state index in [1.807, 2.05) is 19.9 Å². The van der Waals surface area contributed by atoms with Crippen molar-refractivity contribution in [1.82, 2.24) is 0 Å². The van der Waals surface area contributed by atoms with Crippen LogP contribution >= 0.6 is 0 Å². The third kappa shape index (κ3) is 3.95. The minimum Gasteiger partial charge on any atom is -0.326 e. The summed E-state index contributed by atoms with van der Waals surface area (Å²) < 4.78 is 0. The summed E-state index contributed by atoms with van der Waals surface area (Å²) in [4.78, 5) is 12.6. The minimum absolute atomic E-state index is 0.0795. The van der Waals surface area contributed by atoms with Crippen LogP contribution in [0.3, 0.4) is 0 Å². The lowest BCUT2D eigenvalue weighted by atomic mass is 9.83. The van der Waals surface area contributed by atoms with Crippen molar-refractivity contribution in [1.29, 1.82) is 0 Å². The van der Waals surface area contributed by atoms with E-state index in [0.29, 0.717) is 6.42 Å². The van der Waals surface area contributed by atoms with Gasteiger partial charge in [-0.3, -0.25) is 4.79 Å². The van der Waals surface area contributed by atoms with Gasteiger partial charge in [0.2, 0.25) is 5.91 Å². The first-order valence-electron chi connectivity index (χ1n) is 9.07. The molecule has 0 bridgehead atoms. The fourth-order valence-electron chi connectivity index (χ4n) is 3.72. The Bertz CT molecular complexity index is 788. The molecule has 25 heavy (non-hydrogen) atoms. The second kappa shape index (κ2) is 7.43. The van der Waals surface area contributed by atoms with E-state index in [4.69, 9.17) is 0 Å². The van der Waals surface area contributed by atoms with Gasteiger partial charge in [0.05, 0.1) is 0 Å². The van der Waals surface area contributed by atoms with Crippen molar-refractivity contribution in [3.05, 3.63) is 62.7 Å². The van der Waals surface area contributed by atoms with Gasteiger partial charge >= 0.3 is 0 Å². The molecule has 1 amide bonds. The number of hydrogen-bond acceptors (Lipinski definition) is 1. The Balaban J connectivity index is 2.24. The zero-order chi connectivity index (χ0) is 18.9. The van der Waals surface area contributed by atoms with Gasteiger partial charge in [-0.25, -0.2) is 0 Å². The molecule has 0 saturated carbocycles. The van der Waals surface area contributed by atoms with Crippen LogP contribution in [0.25, 0.3) is 0 Å². The number of carbonyl (C=O) groups excluding carboxylic acids is 1. The summed E-state index contributed by atoms with van der Waals surface area (Å²) in [6.45, 7) is 17.2. The summed E-state index contributed by atoms with van der Waals surface area (Å²) in [5.41, 5.74) is 11.2. The second-order valence-corrected chi connectivity index (χ2v) is 7.51. The first kappa shape index (κ1) is 19.2. The highest BCUT2D eigenvalue weighted by Gasteiger charge is 2.19. The Morgan fingerprint density at radius 1 is 0.880 bits per heavy atom. The van der Waals surface area contributed by atoms with Gasteiger partial charge in [0.15, 0.2) is 0 Å². The third-order valence-corrected chi connectivity index (χ3v) is 5.71. The van der Waals surface area contributed by atoms with Crippen LogP contribution in [-0.4, -0.2) is 5.91 Å². The topological polar surface area (TPSA) is 29.1 Å². The molecule has 134 valence electrons. The molecule has 1 unspecified atom stereocenters. The van der Waals surface area contributed by atoms with Gasteiger partial charge in [-0.2, -0.15) is 0 Å². The number of nitrogens with one attached hydrogen (secondary N) is 1. The van der Waals surface area contributed by atoms with E-state index in [1.54, 1.807) is 0 Å². The van der Waals surface area contributed by atoms with Crippen molar-refractivity contribution in [2.24, 2.45) is 0 Å². The quantitative estimate of drug-likeness (QED) is 0.731. The fraction of sp³-hybridized carbons (Fsp3) is 0.435. The van der Waals surface area contributed by atoms with E-state index in [0.717, 1.165) is 16.8 Å². The zero-order valence-electron chi connectivity index (χ0n) is 16.9. The molecule has 0 aliphatic rings. The van der Waals surface area contributed by atoms with Crippen LogP contribution < -0.4 is 5.32 Å². The van der Waals surface area contributed by atoms with E-state index in [2.05, 4.69) is 59.0 Å². The highest BCUT2D eigenvalue weighted by Crippen LogP contribution is 2.33. The van der Waals surface area contributed by atoms with Crippen LogP contribution in [0.5, 0.6) is 0 Å². The van der Waals surface area contributed by atoms with Gasteiger partial charge in [0.1, 0.15) is 0 Å². The van der Waals surface area contributed by atoms with E-state index in [9.17, 15) is 4.79 Å². The molecule has 2 rings (SSSR count). The van der Waals surface area contributed by atoms with E-state index in [-0.39, 0.29) is 11.8 Å². The Morgan fingerprint density at radius 3 is 1.96 bits per heavy atom. The average molecular weight is 338 g/mol. The maximum Gasteiger partial charge on any atom is 0.224 e. The normalized spacial score (nSPS) is 12.2. The number of benzene rings is 2. The summed E-state index contributed by atoms with van der Waals surface area (Å²) in [5.74, 6) is 0.277. The van der Waals surface area contributed by atoms with Crippen LogP contribution in [0.2, 0.25) is 0 Å². The lowest BCUT2D eigenvalue weighted by Crippen LogP contribution is -2.17. The number of amides is 1. The number of anilines is 1. The summed E-state index contributed by atoms with van der Waals surface area (Å²) >= 11 is 0. The predicted octanol–water partition coefficient (Wildman–Crippen LogP) is 5.98. The molecule has 0 radical (unpaired) electrons. The summed E-state index contributed by atoms with van der Waals surface area (Å²) in [6, 6.07) is 6.15. The molecule has 0 fully saturated rings. The smallest absolute Gasteiger partial charge is 0.224 e. The maximum atomic E-state index is 12.6. The molecule has 1 atom stereocenters. The van der Waals surface area contributed by atoms with Gasteiger partial charge in [0.25, 0.3) is 0 Å². The first-order valence-corrected chi connectivity index (χ1v) is 9.07. The molecule has 0 aliphatic carbocycles. The van der Waals surface area contributed by atoms with Crippen LogP contribution in [0.1, 0.15) is 63.8 Å². The Kier molecular flexibility index (Phi) is 5.72. The molecule has 0 aromatic heterocycles. The predicted molar refractivity (Wildman–Crippen MR) is 108 cm³/mol. The molecular formula is C23H31NO. The highest BCUT2D eigenvalue weighted by molar-refractivity contribution is 5.92. The number of carbonyl (C=O) groups is 1. The summed E-state index contributed by atoms with van der Waals surface area (Å²) in [7, 11) is 0. The highest BCUT2D eigenvalue weighted by atomic mass is 16.1. The SMILES string of the molecule is Cc1ccc(C)c(NC(=O)CC(C)c2c(C)c(C)c(C)c(C)c2C)c1. The van der Waals surface area contributed by atoms with Crippen molar-refractivity contribution in [2.75, 3.05) is 5.32 Å². The Hall–Kier alpha value is -2.09. The van der Waals surface area contributed by atoms with Crippen LogP contribution in [0.15, 0.2) is 18.2 Å². The molecule has 1 N–H and O–H groups in total. The third-order valence-electron chi connectivity index (χ3n) is 5.71. The van der Waals surface area contributed by atoms with Crippen molar-refractivity contribution in [3.8, 4) is 0 Å². The van der Waals surface area contributed by atoms with Crippen molar-refractivity contribution >= 4 is 11.6 Å². The van der Waals surface area contributed by atoms with Crippen LogP contribution in [0, 0.1) is 48.5 Å². The molecule has 2 heteroatoms. The van der Waals surface area contributed by atoms with E-state index < -0.39 is 0 Å². The van der Waals surface area contributed by atoms with E-state index in [1.165, 1.54) is 33.4 Å². The summed E-state index contributed by atoms with van der Waals surface area (Å²) in [5, 5.41) is 3.09. The largest absolute Gasteiger partial charge is 0.326 e. The average Bonchev–Trinajstić information content (AvgIpc) is 2.54. The number of hydrogen-bond donors (Lipinski definition) is 1. The van der Waals surface area contributed by atoms with Gasteiger partial charge in [0, 0.05) is 12.1 Å². The van der Waals surface area contributed by atoms with E-state index >= 15 is 0 Å². The van der Waals surface area contributed by atoms with Crippen LogP contribution in [-0.2, 0) is 4.79 Å². The summed E-state index contributed by atoms with van der Waals surface area (Å²) in [6.07, 6.45) is 0.497. The molecule has 2 aromatic rings. The molecule has 0 saturated heterocycles. The standard InChI is InChI=1S/C23H31NO/c1-13-9-10-14(2)21(11-13)24-22(25)12-15(3)23-19(7)17(5)16(4)18(6)20(23)8/h9-11,15H,12H2,1-8H3,(H,24,25). The molecule has 0 spiro atoms. The Labute approximate surface area is 152 Å². The van der Waals surface area contributed by atoms with Crippen molar-refractivity contribution in [3.63, 3.8) is 0 Å². The number of aryl methyl sites for hydroxylation is 2. The lowest BCUT2D eigenvalue weighted by Gasteiger charge is -2.23. The maximum absolute atomic E-state index is 12.6. The zero-order valence-corrected chi connectivity index (χ0v) is 16.9. The van der Waals surface area contributed by atoms with Crippen molar-refractivity contribution in [2.45, 2.75) is 67.7 Å². The molecule has 2 nitrogen and oxygen atoms in total. The van der Waals surface area contributed by atoms with Crippen LogP contribution in [0.4, 0.5) is 5.69 Å². The number of rotatable bonds is 4. The molecule has 2 aromatic carbocycles. The van der Waals surface area contributed by atoms with Gasteiger partial charge < -0.3 is 5.32 Å². The molecule has 0 heterocycles. The first-order chi connectivity index (χ1) is 11.6.